The largest absolute Gasteiger partial charge is 0.472 e. The summed E-state index contributed by atoms with van der Waals surface area (Å²) in [6, 6.07) is 1.82. The van der Waals surface area contributed by atoms with E-state index >= 15 is 0 Å². The number of amides is 1. The molecule has 0 saturated carbocycles. The molecule has 3 rings (SSSR count). The predicted octanol–water partition coefficient (Wildman–Crippen LogP) is 1.92. The Morgan fingerprint density at radius 3 is 2.79 bits per heavy atom. The van der Waals surface area contributed by atoms with Crippen molar-refractivity contribution in [1.82, 2.24) is 20.0 Å². The molecule has 0 radical (unpaired) electrons. The quantitative estimate of drug-likeness (QED) is 0.852. The minimum absolute atomic E-state index is 0.0349. The Bertz CT molecular complexity index is 717. The maximum Gasteiger partial charge on any atom is 0.227 e. The molecular formula is C17H22N4O3. The predicted molar refractivity (Wildman–Crippen MR) is 86.8 cm³/mol. The topological polar surface area (TPSA) is 81.4 Å². The first-order valence-corrected chi connectivity index (χ1v) is 8.11. The molecule has 0 bridgehead atoms. The van der Waals surface area contributed by atoms with Gasteiger partial charge >= 0.3 is 0 Å². The molecule has 128 valence electrons. The van der Waals surface area contributed by atoms with Crippen LogP contribution in [0.3, 0.4) is 0 Å². The molecule has 7 heteroatoms. The first-order valence-electron chi connectivity index (χ1n) is 8.11. The normalized spacial score (nSPS) is 17.3. The lowest BCUT2D eigenvalue weighted by Gasteiger charge is -2.17. The summed E-state index contributed by atoms with van der Waals surface area (Å²) >= 11 is 0. The Morgan fingerprint density at radius 1 is 1.33 bits per heavy atom. The lowest BCUT2D eigenvalue weighted by atomic mass is 10.1. The van der Waals surface area contributed by atoms with E-state index in [-0.39, 0.29) is 12.0 Å². The first kappa shape index (κ1) is 16.4. The van der Waals surface area contributed by atoms with E-state index in [0.29, 0.717) is 37.0 Å². The van der Waals surface area contributed by atoms with Crippen molar-refractivity contribution in [3.8, 4) is 5.88 Å². The zero-order valence-electron chi connectivity index (χ0n) is 14.5. The van der Waals surface area contributed by atoms with E-state index < -0.39 is 0 Å². The third kappa shape index (κ3) is 3.55. The van der Waals surface area contributed by atoms with Crippen molar-refractivity contribution in [2.75, 3.05) is 13.1 Å². The lowest BCUT2D eigenvalue weighted by molar-refractivity contribution is -0.129. The van der Waals surface area contributed by atoms with E-state index in [0.717, 1.165) is 23.4 Å². The van der Waals surface area contributed by atoms with Crippen molar-refractivity contribution >= 4 is 5.91 Å². The molecule has 1 fully saturated rings. The maximum absolute atomic E-state index is 12.5. The van der Waals surface area contributed by atoms with Gasteiger partial charge in [-0.15, -0.1) is 0 Å². The van der Waals surface area contributed by atoms with Gasteiger partial charge in [0.2, 0.25) is 11.8 Å². The van der Waals surface area contributed by atoms with E-state index in [4.69, 9.17) is 9.26 Å². The molecule has 2 aromatic rings. The standard InChI is InChI=1S/C17H22N4O3/c1-10-7-16(19-13(4)18-10)23-14-5-6-21(9-14)17(22)8-15-11(2)20-24-12(15)3/h7,14H,5-6,8-9H2,1-4H3/t14-/m1/s1. The molecule has 0 unspecified atom stereocenters. The average Bonchev–Trinajstić information content (AvgIpc) is 3.08. The van der Waals surface area contributed by atoms with Crippen molar-refractivity contribution in [2.45, 2.75) is 46.6 Å². The van der Waals surface area contributed by atoms with Crippen molar-refractivity contribution in [1.29, 1.82) is 0 Å². The lowest BCUT2D eigenvalue weighted by Crippen LogP contribution is -2.32. The highest BCUT2D eigenvalue weighted by Gasteiger charge is 2.29. The van der Waals surface area contributed by atoms with Crippen molar-refractivity contribution < 1.29 is 14.1 Å². The molecule has 1 atom stereocenters. The SMILES string of the molecule is Cc1cc(O[C@@H]2CCN(C(=O)Cc3c(C)noc3C)C2)nc(C)n1. The fourth-order valence-electron chi connectivity index (χ4n) is 2.98. The van der Waals surface area contributed by atoms with Gasteiger partial charge in [0.05, 0.1) is 18.7 Å². The molecule has 1 amide bonds. The molecule has 24 heavy (non-hydrogen) atoms. The van der Waals surface area contributed by atoms with Crippen molar-refractivity contribution in [3.63, 3.8) is 0 Å². The van der Waals surface area contributed by atoms with Gasteiger partial charge in [-0.05, 0) is 27.7 Å². The zero-order chi connectivity index (χ0) is 17.3. The molecule has 0 N–H and O–H groups in total. The number of rotatable bonds is 4. The van der Waals surface area contributed by atoms with E-state index in [1.165, 1.54) is 0 Å². The second kappa shape index (κ2) is 6.59. The van der Waals surface area contributed by atoms with Gasteiger partial charge in [0, 0.05) is 30.3 Å². The average molecular weight is 330 g/mol. The molecule has 0 aliphatic carbocycles. The zero-order valence-corrected chi connectivity index (χ0v) is 14.5. The molecule has 0 spiro atoms. The monoisotopic (exact) mass is 330 g/mol. The highest BCUT2D eigenvalue weighted by atomic mass is 16.5. The van der Waals surface area contributed by atoms with Crippen LogP contribution >= 0.6 is 0 Å². The number of nitrogens with zero attached hydrogens (tertiary/aromatic N) is 4. The number of hydrogen-bond donors (Lipinski definition) is 0. The Labute approximate surface area is 141 Å². The summed E-state index contributed by atoms with van der Waals surface area (Å²) in [5, 5.41) is 3.90. The molecule has 2 aromatic heterocycles. The molecule has 1 saturated heterocycles. The number of aromatic nitrogens is 3. The van der Waals surface area contributed by atoms with Gasteiger partial charge in [-0.25, -0.2) is 4.98 Å². The number of carbonyl (C=O) groups excluding carboxylic acids is 1. The molecule has 1 aliphatic rings. The molecule has 0 aromatic carbocycles. The van der Waals surface area contributed by atoms with Crippen LogP contribution in [0.4, 0.5) is 0 Å². The Hall–Kier alpha value is -2.44. The summed E-state index contributed by atoms with van der Waals surface area (Å²) < 4.78 is 11.0. The van der Waals surface area contributed by atoms with Gasteiger partial charge in [0.1, 0.15) is 17.7 Å². The summed E-state index contributed by atoms with van der Waals surface area (Å²) in [6.07, 6.45) is 1.09. The third-order valence-electron chi connectivity index (χ3n) is 4.24. The summed E-state index contributed by atoms with van der Waals surface area (Å²) in [6.45, 7) is 8.71. The summed E-state index contributed by atoms with van der Waals surface area (Å²) in [5.74, 6) is 2.05. The summed E-state index contributed by atoms with van der Waals surface area (Å²) in [4.78, 5) is 22.9. The van der Waals surface area contributed by atoms with Gasteiger partial charge in [-0.1, -0.05) is 5.16 Å². The number of hydrogen-bond acceptors (Lipinski definition) is 6. The van der Waals surface area contributed by atoms with Crippen molar-refractivity contribution in [2.24, 2.45) is 0 Å². The Balaban J connectivity index is 1.59. The number of aryl methyl sites for hydroxylation is 4. The third-order valence-corrected chi connectivity index (χ3v) is 4.24. The fourth-order valence-corrected chi connectivity index (χ4v) is 2.98. The van der Waals surface area contributed by atoms with E-state index in [1.54, 1.807) is 0 Å². The van der Waals surface area contributed by atoms with Crippen molar-refractivity contribution in [3.05, 3.63) is 34.6 Å². The first-order chi connectivity index (χ1) is 11.4. The van der Waals surface area contributed by atoms with Gasteiger partial charge in [0.25, 0.3) is 0 Å². The van der Waals surface area contributed by atoms with Gasteiger partial charge in [0.15, 0.2) is 0 Å². The van der Waals surface area contributed by atoms with Gasteiger partial charge < -0.3 is 14.2 Å². The molecular weight excluding hydrogens is 308 g/mol. The second-order valence-corrected chi connectivity index (χ2v) is 6.24. The Kier molecular flexibility index (Phi) is 4.51. The van der Waals surface area contributed by atoms with E-state index in [9.17, 15) is 4.79 Å². The second-order valence-electron chi connectivity index (χ2n) is 6.24. The number of carbonyl (C=O) groups is 1. The summed E-state index contributed by atoms with van der Waals surface area (Å²) in [7, 11) is 0. The van der Waals surface area contributed by atoms with Crippen LogP contribution in [0.5, 0.6) is 5.88 Å². The van der Waals surface area contributed by atoms with Crippen LogP contribution in [0.25, 0.3) is 0 Å². The molecule has 7 nitrogen and oxygen atoms in total. The van der Waals surface area contributed by atoms with Crippen LogP contribution in [0, 0.1) is 27.7 Å². The highest BCUT2D eigenvalue weighted by Crippen LogP contribution is 2.20. The van der Waals surface area contributed by atoms with Crippen LogP contribution in [-0.2, 0) is 11.2 Å². The smallest absolute Gasteiger partial charge is 0.227 e. The number of ether oxygens (including phenoxy) is 1. The number of likely N-dealkylation sites (tertiary alicyclic amines) is 1. The van der Waals surface area contributed by atoms with Crippen LogP contribution in [0.2, 0.25) is 0 Å². The van der Waals surface area contributed by atoms with Gasteiger partial charge in [-0.2, -0.15) is 4.98 Å². The van der Waals surface area contributed by atoms with Gasteiger partial charge in [-0.3, -0.25) is 4.79 Å². The fraction of sp³-hybridized carbons (Fsp3) is 0.529. The maximum atomic E-state index is 12.5. The van der Waals surface area contributed by atoms with Crippen LogP contribution in [-0.4, -0.2) is 45.1 Å². The van der Waals surface area contributed by atoms with Crippen LogP contribution < -0.4 is 4.74 Å². The molecule has 3 heterocycles. The highest BCUT2D eigenvalue weighted by molar-refractivity contribution is 5.79. The molecule has 1 aliphatic heterocycles. The van der Waals surface area contributed by atoms with E-state index in [2.05, 4.69) is 15.1 Å². The van der Waals surface area contributed by atoms with E-state index in [1.807, 2.05) is 38.7 Å². The minimum atomic E-state index is -0.0349. The summed E-state index contributed by atoms with van der Waals surface area (Å²) in [5.41, 5.74) is 2.54. The van der Waals surface area contributed by atoms with Crippen LogP contribution in [0.1, 0.15) is 35.0 Å². The Morgan fingerprint density at radius 2 is 2.12 bits per heavy atom. The minimum Gasteiger partial charge on any atom is -0.472 e. The van der Waals surface area contributed by atoms with Crippen LogP contribution in [0.15, 0.2) is 10.6 Å².